The summed E-state index contributed by atoms with van der Waals surface area (Å²) in [5.74, 6) is -0.442. The van der Waals surface area contributed by atoms with Crippen molar-refractivity contribution < 1.29 is 13.6 Å². The normalized spacial score (nSPS) is 11.2. The first-order chi connectivity index (χ1) is 9.49. The Labute approximate surface area is 122 Å². The first kappa shape index (κ1) is 13.1. The third-order valence-corrected chi connectivity index (χ3v) is 3.79. The minimum atomic E-state index is -0.359. The number of hydrogen-bond donors (Lipinski definition) is 0. The standard InChI is InChI=1S/C14H10BrFN2O2/c1-7-9-5-8(16)3-4-11(9)20-14(7)13(19)12-10(15)6-17-18(12)2/h3-6H,1-2H3. The van der Waals surface area contributed by atoms with E-state index in [2.05, 4.69) is 21.0 Å². The Hall–Kier alpha value is -1.95. The number of hydrogen-bond acceptors (Lipinski definition) is 3. The summed E-state index contributed by atoms with van der Waals surface area (Å²) < 4.78 is 20.9. The van der Waals surface area contributed by atoms with E-state index in [0.717, 1.165) is 0 Å². The molecule has 4 nitrogen and oxygen atoms in total. The highest BCUT2D eigenvalue weighted by molar-refractivity contribution is 9.10. The van der Waals surface area contributed by atoms with E-state index in [4.69, 9.17) is 4.42 Å². The zero-order chi connectivity index (χ0) is 14.4. The predicted octanol–water partition coefficient (Wildman–Crippen LogP) is 3.61. The minimum absolute atomic E-state index is 0.204. The van der Waals surface area contributed by atoms with Gasteiger partial charge < -0.3 is 4.42 Å². The lowest BCUT2D eigenvalue weighted by atomic mass is 10.1. The van der Waals surface area contributed by atoms with Crippen molar-refractivity contribution in [3.05, 3.63) is 51.7 Å². The minimum Gasteiger partial charge on any atom is -0.452 e. The number of carbonyl (C=O) groups is 1. The average molecular weight is 337 g/mol. The molecule has 0 saturated heterocycles. The number of nitrogens with zero attached hydrogens (tertiary/aromatic N) is 2. The van der Waals surface area contributed by atoms with Crippen LogP contribution in [-0.4, -0.2) is 15.6 Å². The summed E-state index contributed by atoms with van der Waals surface area (Å²) in [5, 5.41) is 4.61. The Bertz CT molecular complexity index is 816. The Morgan fingerprint density at radius 3 is 2.85 bits per heavy atom. The molecule has 0 radical (unpaired) electrons. The van der Waals surface area contributed by atoms with Crippen molar-refractivity contribution in [2.24, 2.45) is 7.05 Å². The van der Waals surface area contributed by atoms with Crippen molar-refractivity contribution in [1.82, 2.24) is 9.78 Å². The lowest BCUT2D eigenvalue weighted by molar-refractivity contribution is 0.100. The fraction of sp³-hybridized carbons (Fsp3) is 0.143. The van der Waals surface area contributed by atoms with E-state index in [9.17, 15) is 9.18 Å². The first-order valence-corrected chi connectivity index (χ1v) is 6.69. The molecule has 0 aliphatic carbocycles. The summed E-state index contributed by atoms with van der Waals surface area (Å²) in [4.78, 5) is 12.5. The fourth-order valence-corrected chi connectivity index (χ4v) is 2.71. The molecule has 20 heavy (non-hydrogen) atoms. The molecule has 102 valence electrons. The molecule has 0 unspecified atom stereocenters. The number of fused-ring (bicyclic) bond motifs is 1. The first-order valence-electron chi connectivity index (χ1n) is 5.90. The third-order valence-electron chi connectivity index (χ3n) is 3.21. The Balaban J connectivity index is 2.20. The quantitative estimate of drug-likeness (QED) is 0.671. The number of ketones is 1. The summed E-state index contributed by atoms with van der Waals surface area (Å²) >= 11 is 3.29. The SMILES string of the molecule is Cc1c(C(=O)c2c(Br)cnn2C)oc2ccc(F)cc12. The Kier molecular flexibility index (Phi) is 2.97. The summed E-state index contributed by atoms with van der Waals surface area (Å²) in [6.07, 6.45) is 1.55. The van der Waals surface area contributed by atoms with Gasteiger partial charge in [-0.3, -0.25) is 9.48 Å². The topological polar surface area (TPSA) is 48.0 Å². The van der Waals surface area contributed by atoms with Gasteiger partial charge in [0.1, 0.15) is 17.1 Å². The Morgan fingerprint density at radius 2 is 2.20 bits per heavy atom. The van der Waals surface area contributed by atoms with E-state index in [1.54, 1.807) is 20.2 Å². The molecule has 6 heteroatoms. The van der Waals surface area contributed by atoms with Crippen LogP contribution in [0.3, 0.4) is 0 Å². The molecule has 0 aliphatic heterocycles. The average Bonchev–Trinajstić information content (AvgIpc) is 2.91. The molecule has 0 N–H and O–H groups in total. The maximum absolute atomic E-state index is 13.3. The molecule has 0 atom stereocenters. The number of halogens is 2. The van der Waals surface area contributed by atoms with E-state index >= 15 is 0 Å². The van der Waals surface area contributed by atoms with Gasteiger partial charge in [-0.2, -0.15) is 5.10 Å². The zero-order valence-corrected chi connectivity index (χ0v) is 12.4. The van der Waals surface area contributed by atoms with Crippen molar-refractivity contribution in [2.45, 2.75) is 6.92 Å². The molecule has 2 heterocycles. The van der Waals surface area contributed by atoms with Gasteiger partial charge in [0.25, 0.3) is 0 Å². The van der Waals surface area contributed by atoms with Crippen molar-refractivity contribution in [1.29, 1.82) is 0 Å². The molecule has 3 aromatic rings. The van der Waals surface area contributed by atoms with Crippen LogP contribution >= 0.6 is 15.9 Å². The van der Waals surface area contributed by atoms with Gasteiger partial charge in [0.05, 0.1) is 10.7 Å². The van der Waals surface area contributed by atoms with E-state index in [1.165, 1.54) is 22.9 Å². The van der Waals surface area contributed by atoms with Crippen LogP contribution in [0.15, 0.2) is 33.3 Å². The second-order valence-electron chi connectivity index (χ2n) is 4.49. The number of rotatable bonds is 2. The summed E-state index contributed by atoms with van der Waals surface area (Å²) in [5.41, 5.74) is 1.51. The number of aryl methyl sites for hydroxylation is 2. The van der Waals surface area contributed by atoms with Gasteiger partial charge in [-0.05, 0) is 41.1 Å². The predicted molar refractivity (Wildman–Crippen MR) is 75.2 cm³/mol. The van der Waals surface area contributed by atoms with Crippen molar-refractivity contribution in [2.75, 3.05) is 0 Å². The summed E-state index contributed by atoms with van der Waals surface area (Å²) in [6, 6.07) is 4.19. The lowest BCUT2D eigenvalue weighted by Gasteiger charge is -2.00. The van der Waals surface area contributed by atoms with Gasteiger partial charge in [-0.15, -0.1) is 0 Å². The third kappa shape index (κ3) is 1.87. The molecule has 1 aromatic carbocycles. The lowest BCUT2D eigenvalue weighted by Crippen LogP contribution is -2.09. The van der Waals surface area contributed by atoms with E-state index < -0.39 is 0 Å². The number of benzene rings is 1. The van der Waals surface area contributed by atoms with Crippen LogP contribution < -0.4 is 0 Å². The van der Waals surface area contributed by atoms with Crippen molar-refractivity contribution in [3.8, 4) is 0 Å². The molecule has 3 rings (SSSR count). The van der Waals surface area contributed by atoms with Gasteiger partial charge in [0.15, 0.2) is 5.76 Å². The van der Waals surface area contributed by atoms with Crippen LogP contribution in [-0.2, 0) is 7.05 Å². The van der Waals surface area contributed by atoms with Gasteiger partial charge >= 0.3 is 0 Å². The molecular formula is C14H10BrFN2O2. The van der Waals surface area contributed by atoms with Crippen molar-refractivity contribution >= 4 is 32.7 Å². The fourth-order valence-electron chi connectivity index (χ4n) is 2.18. The van der Waals surface area contributed by atoms with E-state index in [-0.39, 0.29) is 17.4 Å². The van der Waals surface area contributed by atoms with Gasteiger partial charge in [-0.1, -0.05) is 0 Å². The zero-order valence-electron chi connectivity index (χ0n) is 10.8. The number of carbonyl (C=O) groups excluding carboxylic acids is 1. The molecule has 0 fully saturated rings. The van der Waals surface area contributed by atoms with Gasteiger partial charge in [0.2, 0.25) is 5.78 Å². The molecule has 0 aliphatic rings. The highest BCUT2D eigenvalue weighted by Crippen LogP contribution is 2.29. The van der Waals surface area contributed by atoms with Gasteiger partial charge in [-0.25, -0.2) is 4.39 Å². The van der Waals surface area contributed by atoms with Gasteiger partial charge in [0, 0.05) is 18.0 Å². The molecule has 0 saturated carbocycles. The molecule has 0 amide bonds. The second-order valence-corrected chi connectivity index (χ2v) is 5.34. The maximum Gasteiger partial charge on any atom is 0.247 e. The van der Waals surface area contributed by atoms with E-state index in [0.29, 0.717) is 26.7 Å². The number of furan rings is 1. The maximum atomic E-state index is 13.3. The molecule has 0 bridgehead atoms. The number of aromatic nitrogens is 2. The monoisotopic (exact) mass is 336 g/mol. The van der Waals surface area contributed by atoms with Crippen LogP contribution in [0, 0.1) is 12.7 Å². The largest absolute Gasteiger partial charge is 0.452 e. The Morgan fingerprint density at radius 1 is 1.45 bits per heavy atom. The van der Waals surface area contributed by atoms with Crippen LogP contribution in [0.25, 0.3) is 11.0 Å². The smallest absolute Gasteiger partial charge is 0.247 e. The molecular weight excluding hydrogens is 327 g/mol. The molecule has 2 aromatic heterocycles. The van der Waals surface area contributed by atoms with Crippen molar-refractivity contribution in [3.63, 3.8) is 0 Å². The van der Waals surface area contributed by atoms with Crippen LogP contribution in [0.5, 0.6) is 0 Å². The highest BCUT2D eigenvalue weighted by atomic mass is 79.9. The summed E-state index contributed by atoms with van der Waals surface area (Å²) in [7, 11) is 1.68. The van der Waals surface area contributed by atoms with Crippen LogP contribution in [0.2, 0.25) is 0 Å². The molecule has 0 spiro atoms. The van der Waals surface area contributed by atoms with Crippen LogP contribution in [0.1, 0.15) is 21.8 Å². The second kappa shape index (κ2) is 4.56. The summed E-state index contributed by atoms with van der Waals surface area (Å²) in [6.45, 7) is 1.74. The highest BCUT2D eigenvalue weighted by Gasteiger charge is 2.24. The van der Waals surface area contributed by atoms with E-state index in [1.807, 2.05) is 0 Å². The van der Waals surface area contributed by atoms with Crippen LogP contribution in [0.4, 0.5) is 4.39 Å².